The Kier molecular flexibility index (Phi) is 2.33. The maximum absolute atomic E-state index is 9.90. The first-order valence-corrected chi connectivity index (χ1v) is 5.97. The van der Waals surface area contributed by atoms with E-state index in [4.69, 9.17) is 4.42 Å². The fourth-order valence-electron chi connectivity index (χ4n) is 2.18. The molecule has 1 saturated heterocycles. The summed E-state index contributed by atoms with van der Waals surface area (Å²) in [6, 6.07) is 8.43. The first kappa shape index (κ1) is 10.6. The number of anilines is 1. The molecule has 4 heteroatoms. The third kappa shape index (κ3) is 2.00. The molecule has 90 valence electrons. The third-order valence-electron chi connectivity index (χ3n) is 3.39. The van der Waals surface area contributed by atoms with Crippen LogP contribution in [0.1, 0.15) is 19.8 Å². The van der Waals surface area contributed by atoms with E-state index >= 15 is 0 Å². The van der Waals surface area contributed by atoms with Crippen molar-refractivity contribution in [2.75, 3.05) is 18.0 Å². The van der Waals surface area contributed by atoms with E-state index in [0.717, 1.165) is 37.0 Å². The highest BCUT2D eigenvalue weighted by atomic mass is 16.4. The van der Waals surface area contributed by atoms with Crippen LogP contribution < -0.4 is 4.90 Å². The van der Waals surface area contributed by atoms with Crippen LogP contribution >= 0.6 is 0 Å². The molecule has 0 saturated carbocycles. The van der Waals surface area contributed by atoms with Gasteiger partial charge in [-0.25, -0.2) is 0 Å². The average Bonchev–Trinajstić information content (AvgIpc) is 2.72. The molecule has 0 spiro atoms. The van der Waals surface area contributed by atoms with Crippen LogP contribution in [0.15, 0.2) is 28.7 Å². The summed E-state index contributed by atoms with van der Waals surface area (Å²) in [6.45, 7) is 3.47. The minimum absolute atomic E-state index is 0.539. The lowest BCUT2D eigenvalue weighted by Gasteiger charge is -2.34. The van der Waals surface area contributed by atoms with E-state index in [0.29, 0.717) is 6.01 Å². The molecule has 1 aromatic heterocycles. The molecule has 1 aliphatic rings. The van der Waals surface area contributed by atoms with Gasteiger partial charge in [-0.3, -0.25) is 0 Å². The molecule has 0 radical (unpaired) electrons. The topological polar surface area (TPSA) is 49.5 Å². The summed E-state index contributed by atoms with van der Waals surface area (Å²) in [6.07, 6.45) is 1.51. The van der Waals surface area contributed by atoms with Crippen molar-refractivity contribution in [3.63, 3.8) is 0 Å². The fraction of sp³-hybridized carbons (Fsp3) is 0.462. The Labute approximate surface area is 99.9 Å². The molecule has 0 unspecified atom stereocenters. The molecule has 0 amide bonds. The highest BCUT2D eigenvalue weighted by Crippen LogP contribution is 2.27. The van der Waals surface area contributed by atoms with Gasteiger partial charge in [-0.1, -0.05) is 12.1 Å². The Morgan fingerprint density at radius 1 is 1.29 bits per heavy atom. The summed E-state index contributed by atoms with van der Waals surface area (Å²) in [5, 5.41) is 9.90. The monoisotopic (exact) mass is 232 g/mol. The average molecular weight is 232 g/mol. The molecule has 1 fully saturated rings. The number of para-hydroxylation sites is 2. The molecule has 4 nitrogen and oxygen atoms in total. The van der Waals surface area contributed by atoms with Gasteiger partial charge in [0.05, 0.1) is 5.60 Å². The molecule has 1 N–H and O–H groups in total. The van der Waals surface area contributed by atoms with Crippen LogP contribution in [0.3, 0.4) is 0 Å². The Morgan fingerprint density at radius 3 is 2.71 bits per heavy atom. The third-order valence-corrected chi connectivity index (χ3v) is 3.39. The molecule has 1 aromatic carbocycles. The molecule has 17 heavy (non-hydrogen) atoms. The number of nitrogens with zero attached hydrogens (tertiary/aromatic N) is 2. The second-order valence-corrected chi connectivity index (χ2v) is 4.95. The smallest absolute Gasteiger partial charge is 0.298 e. The molecule has 0 atom stereocenters. The normalized spacial score (nSPS) is 19.8. The van der Waals surface area contributed by atoms with Crippen molar-refractivity contribution in [3.8, 4) is 0 Å². The summed E-state index contributed by atoms with van der Waals surface area (Å²) >= 11 is 0. The van der Waals surface area contributed by atoms with Gasteiger partial charge in [0.1, 0.15) is 5.52 Å². The van der Waals surface area contributed by atoms with Crippen LogP contribution in [0.2, 0.25) is 0 Å². The van der Waals surface area contributed by atoms with Gasteiger partial charge in [0.15, 0.2) is 5.58 Å². The number of fused-ring (bicyclic) bond motifs is 1. The summed E-state index contributed by atoms with van der Waals surface area (Å²) < 4.78 is 5.71. The summed E-state index contributed by atoms with van der Waals surface area (Å²) in [5.41, 5.74) is 1.17. The van der Waals surface area contributed by atoms with E-state index in [2.05, 4.69) is 9.88 Å². The predicted octanol–water partition coefficient (Wildman–Crippen LogP) is 2.18. The highest BCUT2D eigenvalue weighted by molar-refractivity contribution is 5.74. The van der Waals surface area contributed by atoms with E-state index in [1.807, 2.05) is 31.2 Å². The van der Waals surface area contributed by atoms with Crippen molar-refractivity contribution in [2.45, 2.75) is 25.4 Å². The first-order chi connectivity index (χ1) is 8.14. The predicted molar refractivity (Wildman–Crippen MR) is 66.1 cm³/mol. The van der Waals surface area contributed by atoms with Crippen LogP contribution in [0.5, 0.6) is 0 Å². The van der Waals surface area contributed by atoms with Crippen molar-refractivity contribution >= 4 is 17.1 Å². The van der Waals surface area contributed by atoms with Crippen molar-refractivity contribution in [1.82, 2.24) is 4.98 Å². The van der Waals surface area contributed by atoms with Crippen molar-refractivity contribution < 1.29 is 9.52 Å². The maximum Gasteiger partial charge on any atom is 0.298 e. The first-order valence-electron chi connectivity index (χ1n) is 5.97. The van der Waals surface area contributed by atoms with Gasteiger partial charge >= 0.3 is 0 Å². The molecular weight excluding hydrogens is 216 g/mol. The van der Waals surface area contributed by atoms with E-state index in [1.54, 1.807) is 0 Å². The van der Waals surface area contributed by atoms with Crippen LogP contribution in [-0.2, 0) is 0 Å². The quantitative estimate of drug-likeness (QED) is 0.818. The van der Waals surface area contributed by atoms with Crippen LogP contribution in [0, 0.1) is 0 Å². The molecule has 0 bridgehead atoms. The van der Waals surface area contributed by atoms with Crippen LogP contribution in [0.25, 0.3) is 11.1 Å². The van der Waals surface area contributed by atoms with Gasteiger partial charge in [-0.05, 0) is 31.9 Å². The lowest BCUT2D eigenvalue weighted by molar-refractivity contribution is 0.0344. The number of piperidine rings is 1. The fourth-order valence-corrected chi connectivity index (χ4v) is 2.18. The summed E-state index contributed by atoms with van der Waals surface area (Å²) in [5.74, 6) is 0. The Bertz CT molecular complexity index is 490. The van der Waals surface area contributed by atoms with Crippen molar-refractivity contribution in [2.24, 2.45) is 0 Å². The number of aliphatic hydroxyl groups is 1. The Hall–Kier alpha value is -1.55. The summed E-state index contributed by atoms with van der Waals surface area (Å²) in [7, 11) is 0. The number of aromatic nitrogens is 1. The van der Waals surface area contributed by atoms with Crippen molar-refractivity contribution in [3.05, 3.63) is 24.3 Å². The van der Waals surface area contributed by atoms with Gasteiger partial charge in [0.2, 0.25) is 0 Å². The zero-order chi connectivity index (χ0) is 11.9. The molecule has 0 aliphatic carbocycles. The standard InChI is InChI=1S/C13H16N2O2/c1-13(16)6-8-15(9-7-13)12-14-10-4-2-3-5-11(10)17-12/h2-5,16H,6-9H2,1H3. The van der Waals surface area contributed by atoms with E-state index in [9.17, 15) is 5.11 Å². The van der Waals surface area contributed by atoms with Gasteiger partial charge in [0.25, 0.3) is 6.01 Å². The number of benzene rings is 1. The van der Waals surface area contributed by atoms with E-state index < -0.39 is 5.60 Å². The second-order valence-electron chi connectivity index (χ2n) is 4.95. The maximum atomic E-state index is 9.90. The van der Waals surface area contributed by atoms with Crippen LogP contribution in [0.4, 0.5) is 6.01 Å². The number of hydrogen-bond donors (Lipinski definition) is 1. The summed E-state index contributed by atoms with van der Waals surface area (Å²) in [4.78, 5) is 6.56. The van der Waals surface area contributed by atoms with E-state index in [-0.39, 0.29) is 0 Å². The lowest BCUT2D eigenvalue weighted by atomic mass is 9.94. The van der Waals surface area contributed by atoms with Gasteiger partial charge in [-0.2, -0.15) is 4.98 Å². The molecule has 3 rings (SSSR count). The zero-order valence-corrected chi connectivity index (χ0v) is 9.89. The molecule has 1 aliphatic heterocycles. The minimum atomic E-state index is -0.539. The number of rotatable bonds is 1. The van der Waals surface area contributed by atoms with Crippen LogP contribution in [-0.4, -0.2) is 28.8 Å². The van der Waals surface area contributed by atoms with Crippen molar-refractivity contribution in [1.29, 1.82) is 0 Å². The molecular formula is C13H16N2O2. The molecule has 2 aromatic rings. The second kappa shape index (κ2) is 3.74. The van der Waals surface area contributed by atoms with Gasteiger partial charge < -0.3 is 14.4 Å². The SMILES string of the molecule is CC1(O)CCN(c2nc3ccccc3o2)CC1. The Morgan fingerprint density at radius 2 is 2.00 bits per heavy atom. The van der Waals surface area contributed by atoms with Gasteiger partial charge in [-0.15, -0.1) is 0 Å². The number of oxazole rings is 1. The molecule has 2 heterocycles. The zero-order valence-electron chi connectivity index (χ0n) is 9.89. The minimum Gasteiger partial charge on any atom is -0.423 e. The largest absolute Gasteiger partial charge is 0.423 e. The Balaban J connectivity index is 1.85. The lowest BCUT2D eigenvalue weighted by Crippen LogP contribution is -2.42. The van der Waals surface area contributed by atoms with E-state index in [1.165, 1.54) is 0 Å². The highest BCUT2D eigenvalue weighted by Gasteiger charge is 2.29. The van der Waals surface area contributed by atoms with Gasteiger partial charge in [0, 0.05) is 13.1 Å². The number of hydrogen-bond acceptors (Lipinski definition) is 4.